The predicted octanol–water partition coefficient (Wildman–Crippen LogP) is 3.98. The zero-order valence-corrected chi connectivity index (χ0v) is 19.1. The highest BCUT2D eigenvalue weighted by Crippen LogP contribution is 2.21. The van der Waals surface area contributed by atoms with Gasteiger partial charge in [0.15, 0.2) is 0 Å². The molecule has 0 spiro atoms. The van der Waals surface area contributed by atoms with Crippen LogP contribution in [0.15, 0.2) is 108 Å². The number of rotatable bonds is 8. The van der Waals surface area contributed by atoms with E-state index in [9.17, 15) is 13.2 Å². The van der Waals surface area contributed by atoms with Gasteiger partial charge in [0, 0.05) is 36.2 Å². The fraction of sp³-hybridized carbons (Fsp3) is 0.0769. The third kappa shape index (κ3) is 5.74. The average Bonchev–Trinajstić information content (AvgIpc) is 2.88. The first-order valence-corrected chi connectivity index (χ1v) is 12.1. The molecule has 4 rings (SSSR count). The lowest BCUT2D eigenvalue weighted by Crippen LogP contribution is -2.32. The molecule has 4 aromatic rings. The van der Waals surface area contributed by atoms with E-state index in [1.54, 1.807) is 73.1 Å². The van der Waals surface area contributed by atoms with Gasteiger partial charge in [0.1, 0.15) is 0 Å². The van der Waals surface area contributed by atoms with Crippen molar-refractivity contribution in [1.29, 1.82) is 0 Å². The van der Waals surface area contributed by atoms with Crippen LogP contribution >= 0.6 is 0 Å². The Bertz CT molecular complexity index is 1340. The molecule has 1 heterocycles. The Morgan fingerprint density at radius 1 is 0.824 bits per heavy atom. The molecule has 0 aliphatic rings. The Labute approximate surface area is 198 Å². The third-order valence-electron chi connectivity index (χ3n) is 5.30. The average molecular weight is 473 g/mol. The molecular weight excluding hydrogens is 448 g/mol. The fourth-order valence-corrected chi connectivity index (χ4v) is 4.44. The lowest BCUT2D eigenvalue weighted by Gasteiger charge is -2.14. The molecule has 1 aromatic heterocycles. The van der Waals surface area contributed by atoms with Gasteiger partial charge in [-0.3, -0.25) is 9.78 Å². The first-order valence-electron chi connectivity index (χ1n) is 10.6. The summed E-state index contributed by atoms with van der Waals surface area (Å²) in [6.45, 7) is 0.0192. The first kappa shape index (κ1) is 23.3. The second-order valence-corrected chi connectivity index (χ2v) is 9.43. The summed E-state index contributed by atoms with van der Waals surface area (Å²) in [5.74, 6) is -0.258. The molecule has 1 amide bonds. The smallest absolute Gasteiger partial charge is 0.255 e. The Kier molecular flexibility index (Phi) is 7.12. The predicted molar refractivity (Wildman–Crippen MR) is 133 cm³/mol. The number of hydrogen-bond acceptors (Lipinski definition) is 5. The molecule has 0 saturated heterocycles. The minimum Gasteiger partial charge on any atom is -0.323 e. The summed E-state index contributed by atoms with van der Waals surface area (Å²) in [4.78, 5) is 16.5. The van der Waals surface area contributed by atoms with E-state index in [4.69, 9.17) is 5.73 Å². The van der Waals surface area contributed by atoms with E-state index in [2.05, 4.69) is 15.0 Å². The van der Waals surface area contributed by atoms with Gasteiger partial charge >= 0.3 is 0 Å². The topological polar surface area (TPSA) is 114 Å². The summed E-state index contributed by atoms with van der Waals surface area (Å²) in [5, 5.41) is 2.78. The summed E-state index contributed by atoms with van der Waals surface area (Å²) < 4.78 is 28.0. The van der Waals surface area contributed by atoms with Crippen molar-refractivity contribution in [2.24, 2.45) is 5.73 Å². The molecule has 0 aliphatic heterocycles. The Hall–Kier alpha value is -3.85. The summed E-state index contributed by atoms with van der Waals surface area (Å²) in [5.41, 5.74) is 9.96. The van der Waals surface area contributed by atoms with Crippen molar-refractivity contribution in [3.05, 3.63) is 115 Å². The Balaban J connectivity index is 1.36. The van der Waals surface area contributed by atoms with Crippen molar-refractivity contribution in [3.63, 3.8) is 0 Å². The van der Waals surface area contributed by atoms with Crippen molar-refractivity contribution in [2.75, 3.05) is 11.9 Å². The van der Waals surface area contributed by atoms with Crippen LogP contribution < -0.4 is 15.8 Å². The van der Waals surface area contributed by atoms with Crippen LogP contribution in [0, 0.1) is 0 Å². The molecule has 34 heavy (non-hydrogen) atoms. The molecule has 0 radical (unpaired) electrons. The largest absolute Gasteiger partial charge is 0.323 e. The molecule has 1 unspecified atom stereocenters. The number of nitrogens with two attached hydrogens (primary N) is 1. The number of anilines is 1. The molecule has 7 nitrogen and oxygen atoms in total. The number of amides is 1. The maximum Gasteiger partial charge on any atom is 0.255 e. The van der Waals surface area contributed by atoms with E-state index < -0.39 is 16.1 Å². The van der Waals surface area contributed by atoms with E-state index in [0.717, 1.165) is 11.1 Å². The lowest BCUT2D eigenvalue weighted by molar-refractivity contribution is 0.102. The fourth-order valence-electron chi connectivity index (χ4n) is 3.38. The second kappa shape index (κ2) is 10.4. The van der Waals surface area contributed by atoms with Crippen molar-refractivity contribution in [1.82, 2.24) is 9.71 Å². The van der Waals surface area contributed by atoms with Crippen LogP contribution in [-0.2, 0) is 10.0 Å². The SMILES string of the molecule is NC(CNS(=O)(=O)c1ccc(-c2ccccc2)cc1)c1ccc(C(=O)Nc2ccncc2)cc1. The highest BCUT2D eigenvalue weighted by Gasteiger charge is 2.17. The minimum absolute atomic E-state index is 0.0192. The number of aromatic nitrogens is 1. The van der Waals surface area contributed by atoms with Gasteiger partial charge < -0.3 is 11.1 Å². The molecule has 0 bridgehead atoms. The van der Waals surface area contributed by atoms with Crippen LogP contribution in [0.4, 0.5) is 5.69 Å². The van der Waals surface area contributed by atoms with Gasteiger partial charge in [-0.2, -0.15) is 0 Å². The highest BCUT2D eigenvalue weighted by atomic mass is 32.2. The number of nitrogens with zero attached hydrogens (tertiary/aromatic N) is 1. The number of pyridine rings is 1. The van der Waals surface area contributed by atoms with Crippen LogP contribution in [0.25, 0.3) is 11.1 Å². The monoisotopic (exact) mass is 472 g/mol. The van der Waals surface area contributed by atoms with E-state index in [1.165, 1.54) is 0 Å². The van der Waals surface area contributed by atoms with Crippen molar-refractivity contribution in [2.45, 2.75) is 10.9 Å². The normalized spacial score (nSPS) is 12.1. The second-order valence-electron chi connectivity index (χ2n) is 7.66. The molecule has 8 heteroatoms. The molecule has 3 aromatic carbocycles. The maximum absolute atomic E-state index is 12.7. The summed E-state index contributed by atoms with van der Waals surface area (Å²) >= 11 is 0. The van der Waals surface area contributed by atoms with Crippen LogP contribution in [0.2, 0.25) is 0 Å². The molecule has 1 atom stereocenters. The van der Waals surface area contributed by atoms with Gasteiger partial charge in [-0.05, 0) is 53.1 Å². The number of hydrogen-bond donors (Lipinski definition) is 3. The van der Waals surface area contributed by atoms with Gasteiger partial charge in [0.2, 0.25) is 10.0 Å². The van der Waals surface area contributed by atoms with Crippen LogP contribution in [-0.4, -0.2) is 25.9 Å². The molecule has 4 N–H and O–H groups in total. The zero-order valence-electron chi connectivity index (χ0n) is 18.3. The molecule has 0 aliphatic carbocycles. The summed E-state index contributed by atoms with van der Waals surface area (Å²) in [6, 6.07) is 26.0. The minimum atomic E-state index is -3.72. The van der Waals surface area contributed by atoms with Gasteiger partial charge in [-0.1, -0.05) is 54.6 Å². The number of benzene rings is 3. The van der Waals surface area contributed by atoms with E-state index in [-0.39, 0.29) is 17.3 Å². The quantitative estimate of drug-likeness (QED) is 0.359. The van der Waals surface area contributed by atoms with Gasteiger partial charge in [0.25, 0.3) is 5.91 Å². The van der Waals surface area contributed by atoms with Crippen LogP contribution in [0.1, 0.15) is 22.0 Å². The van der Waals surface area contributed by atoms with Crippen molar-refractivity contribution >= 4 is 21.6 Å². The third-order valence-corrected chi connectivity index (χ3v) is 6.74. The van der Waals surface area contributed by atoms with Gasteiger partial charge in [-0.15, -0.1) is 0 Å². The lowest BCUT2D eigenvalue weighted by atomic mass is 10.1. The van der Waals surface area contributed by atoms with Crippen molar-refractivity contribution in [3.8, 4) is 11.1 Å². The van der Waals surface area contributed by atoms with E-state index in [0.29, 0.717) is 16.8 Å². The Morgan fingerprint density at radius 2 is 1.44 bits per heavy atom. The van der Waals surface area contributed by atoms with Crippen LogP contribution in [0.3, 0.4) is 0 Å². The van der Waals surface area contributed by atoms with E-state index in [1.807, 2.05) is 30.3 Å². The van der Waals surface area contributed by atoms with Gasteiger partial charge in [0.05, 0.1) is 4.90 Å². The number of carbonyl (C=O) groups is 1. The molecule has 0 saturated carbocycles. The summed E-state index contributed by atoms with van der Waals surface area (Å²) in [6.07, 6.45) is 3.19. The maximum atomic E-state index is 12.7. The first-order chi connectivity index (χ1) is 16.4. The van der Waals surface area contributed by atoms with E-state index >= 15 is 0 Å². The number of carbonyl (C=O) groups excluding carboxylic acids is 1. The van der Waals surface area contributed by atoms with Crippen molar-refractivity contribution < 1.29 is 13.2 Å². The molecule has 0 fully saturated rings. The highest BCUT2D eigenvalue weighted by molar-refractivity contribution is 7.89. The summed E-state index contributed by atoms with van der Waals surface area (Å²) in [7, 11) is -3.72. The number of nitrogens with one attached hydrogen (secondary N) is 2. The standard InChI is InChI=1S/C26H24N4O3S/c27-25(21-6-8-22(9-7-21)26(31)30-23-14-16-28-17-15-23)18-29-34(32,33)24-12-10-20(11-13-24)19-4-2-1-3-5-19/h1-17,25,29H,18,27H2,(H,28,30,31). The molecule has 172 valence electrons. The Morgan fingerprint density at radius 3 is 2.09 bits per heavy atom. The zero-order chi connectivity index (χ0) is 24.0. The number of sulfonamides is 1. The van der Waals surface area contributed by atoms with Gasteiger partial charge in [-0.25, -0.2) is 13.1 Å². The molecular formula is C26H24N4O3S. The van der Waals surface area contributed by atoms with Crippen LogP contribution in [0.5, 0.6) is 0 Å².